The Morgan fingerprint density at radius 3 is 2.41 bits per heavy atom. The fourth-order valence-electron chi connectivity index (χ4n) is 6.45. The molecule has 41 heavy (non-hydrogen) atoms. The standard InChI is InChI=1S/C29H31N5O7/c1-34(2)18-11-17(33-28(31)32-12-13-6-4-3-5-7-13)23(36)21-16(18)9-14-8-15-10-19(35)22(27(30)40)26(39)29(15,41)25(38)20(14)24(21)37/h3-7,11,14-15,20,22,36,41H,8-10,12H2,1-2H3,(H2,30,40)(H3,31,32,33)/t14-,15+,20?,22?,29+/m1/s1. The van der Waals surface area contributed by atoms with Gasteiger partial charge in [0, 0.05) is 32.1 Å². The predicted octanol–water partition coefficient (Wildman–Crippen LogP) is 0.320. The maximum Gasteiger partial charge on any atom is 0.235 e. The number of nitrogens with zero attached hydrogens (tertiary/aromatic N) is 2. The first-order chi connectivity index (χ1) is 19.4. The molecule has 0 radical (unpaired) electrons. The molecule has 3 aliphatic carbocycles. The highest BCUT2D eigenvalue weighted by molar-refractivity contribution is 6.31. The van der Waals surface area contributed by atoms with E-state index >= 15 is 0 Å². The van der Waals surface area contributed by atoms with Gasteiger partial charge in [0.2, 0.25) is 5.91 Å². The third-order valence-corrected chi connectivity index (χ3v) is 8.40. The highest BCUT2D eigenvalue weighted by Crippen LogP contribution is 2.52. The number of nitrogens with two attached hydrogens (primary N) is 2. The molecule has 2 aromatic rings. The van der Waals surface area contributed by atoms with Crippen LogP contribution in [0.2, 0.25) is 0 Å². The molecule has 1 amide bonds. The molecule has 2 saturated carbocycles. The largest absolute Gasteiger partial charge is 0.505 e. The number of nitrogens with one attached hydrogen (secondary N) is 1. The SMILES string of the molecule is CN(C)c1cc(NC(N)=NCc2ccccc2)c(O)c2c1C[C@H]1C[C@H]3CC(=O)C(C(N)=O)C(=O)[C@@]3(O)C(=O)C1C2=O. The summed E-state index contributed by atoms with van der Waals surface area (Å²) in [7, 11) is 3.51. The molecule has 3 aliphatic rings. The van der Waals surface area contributed by atoms with Gasteiger partial charge < -0.3 is 31.9 Å². The lowest BCUT2D eigenvalue weighted by Crippen LogP contribution is -2.68. The molecule has 12 heteroatoms. The molecule has 214 valence electrons. The van der Waals surface area contributed by atoms with Crippen LogP contribution in [0.4, 0.5) is 11.4 Å². The number of carbonyl (C=O) groups is 5. The molecule has 5 atom stereocenters. The summed E-state index contributed by atoms with van der Waals surface area (Å²) in [5.74, 6) is -10.7. The number of primary amides is 1. The Balaban J connectivity index is 1.53. The molecule has 0 bridgehead atoms. The number of guanidine groups is 1. The van der Waals surface area contributed by atoms with Crippen molar-refractivity contribution in [2.45, 2.75) is 31.4 Å². The number of phenolic OH excluding ortho intramolecular Hbond substituents is 1. The minimum Gasteiger partial charge on any atom is -0.505 e. The van der Waals surface area contributed by atoms with Crippen molar-refractivity contribution in [3.05, 3.63) is 53.1 Å². The molecule has 0 aromatic heterocycles. The lowest BCUT2D eigenvalue weighted by molar-refractivity contribution is -0.175. The van der Waals surface area contributed by atoms with Crippen LogP contribution in [-0.4, -0.2) is 64.9 Å². The van der Waals surface area contributed by atoms with Gasteiger partial charge in [0.05, 0.1) is 23.7 Å². The van der Waals surface area contributed by atoms with Gasteiger partial charge in [0.25, 0.3) is 0 Å². The number of ketones is 4. The van der Waals surface area contributed by atoms with E-state index in [1.165, 1.54) is 0 Å². The zero-order valence-electron chi connectivity index (χ0n) is 22.6. The van der Waals surface area contributed by atoms with Crippen LogP contribution >= 0.6 is 0 Å². The summed E-state index contributed by atoms with van der Waals surface area (Å²) < 4.78 is 0. The van der Waals surface area contributed by atoms with Gasteiger partial charge in [-0.05, 0) is 36.0 Å². The fraction of sp³-hybridized carbons (Fsp3) is 0.379. The van der Waals surface area contributed by atoms with E-state index in [1.54, 1.807) is 25.1 Å². The number of hydrogen-bond donors (Lipinski definition) is 5. The van der Waals surface area contributed by atoms with Gasteiger partial charge in [-0.3, -0.25) is 24.0 Å². The van der Waals surface area contributed by atoms with Gasteiger partial charge in [-0.2, -0.15) is 0 Å². The molecular formula is C29H31N5O7. The number of aromatic hydroxyl groups is 1. The molecule has 0 aliphatic heterocycles. The molecule has 5 rings (SSSR count). The van der Waals surface area contributed by atoms with Crippen LogP contribution in [0.25, 0.3) is 0 Å². The quantitative estimate of drug-likeness (QED) is 0.146. The molecule has 12 nitrogen and oxygen atoms in total. The van der Waals surface area contributed by atoms with Crippen molar-refractivity contribution < 1.29 is 34.2 Å². The molecule has 0 heterocycles. The zero-order chi connectivity index (χ0) is 29.8. The van der Waals surface area contributed by atoms with E-state index in [4.69, 9.17) is 11.5 Å². The molecule has 2 fully saturated rings. The average molecular weight is 562 g/mol. The second kappa shape index (κ2) is 10.1. The predicted molar refractivity (Wildman–Crippen MR) is 148 cm³/mol. The van der Waals surface area contributed by atoms with E-state index in [-0.39, 0.29) is 43.0 Å². The number of aliphatic imine (C=N–C) groups is 1. The normalized spacial score (nSPS) is 27.5. The monoisotopic (exact) mass is 561 g/mol. The first-order valence-electron chi connectivity index (χ1n) is 13.2. The summed E-state index contributed by atoms with van der Waals surface area (Å²) in [4.78, 5) is 71.2. The van der Waals surface area contributed by atoms with Gasteiger partial charge in [0.1, 0.15) is 5.75 Å². The lowest BCUT2D eigenvalue weighted by atomic mass is 9.53. The number of amides is 1. The van der Waals surface area contributed by atoms with Crippen molar-refractivity contribution in [3.63, 3.8) is 0 Å². The molecule has 7 N–H and O–H groups in total. The second-order valence-electron chi connectivity index (χ2n) is 11.1. The number of rotatable bonds is 5. The van der Waals surface area contributed by atoms with Crippen LogP contribution in [0, 0.1) is 23.7 Å². The maximum absolute atomic E-state index is 13.9. The van der Waals surface area contributed by atoms with Gasteiger partial charge in [0.15, 0.2) is 40.6 Å². The smallest absolute Gasteiger partial charge is 0.235 e. The van der Waals surface area contributed by atoms with E-state index in [2.05, 4.69) is 10.3 Å². The van der Waals surface area contributed by atoms with Crippen LogP contribution in [0.1, 0.15) is 34.3 Å². The van der Waals surface area contributed by atoms with Gasteiger partial charge in [-0.25, -0.2) is 4.99 Å². The van der Waals surface area contributed by atoms with Crippen LogP contribution in [0.15, 0.2) is 41.4 Å². The first-order valence-corrected chi connectivity index (χ1v) is 13.2. The summed E-state index contributed by atoms with van der Waals surface area (Å²) in [6.45, 7) is 0.270. The summed E-state index contributed by atoms with van der Waals surface area (Å²) in [5.41, 5.74) is 10.6. The Labute approximate surface area is 235 Å². The Morgan fingerprint density at radius 2 is 1.78 bits per heavy atom. The van der Waals surface area contributed by atoms with Crippen molar-refractivity contribution in [2.24, 2.45) is 40.1 Å². The average Bonchev–Trinajstić information content (AvgIpc) is 2.91. The topological polar surface area (TPSA) is 205 Å². The maximum atomic E-state index is 13.9. The first kappa shape index (κ1) is 28.0. The fourth-order valence-corrected chi connectivity index (χ4v) is 6.45. The summed E-state index contributed by atoms with van der Waals surface area (Å²) >= 11 is 0. The molecule has 2 unspecified atom stereocenters. The number of aliphatic hydroxyl groups is 1. The number of hydrogen-bond acceptors (Lipinski definition) is 9. The van der Waals surface area contributed by atoms with Crippen LogP contribution in [0.3, 0.4) is 0 Å². The van der Waals surface area contributed by atoms with E-state index < -0.39 is 64.1 Å². The minimum atomic E-state index is -2.70. The molecule has 0 spiro atoms. The van der Waals surface area contributed by atoms with Crippen molar-refractivity contribution in [3.8, 4) is 5.75 Å². The van der Waals surface area contributed by atoms with Gasteiger partial charge >= 0.3 is 0 Å². The highest BCUT2D eigenvalue weighted by atomic mass is 16.3. The van der Waals surface area contributed by atoms with Crippen LogP contribution in [-0.2, 0) is 32.1 Å². The third-order valence-electron chi connectivity index (χ3n) is 8.40. The van der Waals surface area contributed by atoms with Crippen LogP contribution in [0.5, 0.6) is 5.75 Å². The van der Waals surface area contributed by atoms with E-state index in [1.807, 2.05) is 30.3 Å². The third kappa shape index (κ3) is 4.44. The Kier molecular flexibility index (Phi) is 6.90. The number of benzene rings is 2. The molecular weight excluding hydrogens is 530 g/mol. The van der Waals surface area contributed by atoms with Gasteiger partial charge in [-0.1, -0.05) is 30.3 Å². The molecule has 2 aromatic carbocycles. The number of Topliss-reactive ketones (excluding diaryl/α,β-unsaturated/α-hetero) is 4. The number of carbonyl (C=O) groups excluding carboxylic acids is 5. The van der Waals surface area contributed by atoms with Crippen molar-refractivity contribution >= 4 is 46.4 Å². The summed E-state index contributed by atoms with van der Waals surface area (Å²) in [6.07, 6.45) is -0.194. The summed E-state index contributed by atoms with van der Waals surface area (Å²) in [6, 6.07) is 11.0. The second-order valence-corrected chi connectivity index (χ2v) is 11.1. The number of phenols is 1. The van der Waals surface area contributed by atoms with Crippen molar-refractivity contribution in [1.29, 1.82) is 0 Å². The van der Waals surface area contributed by atoms with Crippen molar-refractivity contribution in [2.75, 3.05) is 24.3 Å². The highest BCUT2D eigenvalue weighted by Gasteiger charge is 2.66. The lowest BCUT2D eigenvalue weighted by Gasteiger charge is -2.48. The zero-order valence-corrected chi connectivity index (χ0v) is 22.6. The Morgan fingerprint density at radius 1 is 1.10 bits per heavy atom. The summed E-state index contributed by atoms with van der Waals surface area (Å²) in [5, 5.41) is 25.5. The van der Waals surface area contributed by atoms with E-state index in [0.29, 0.717) is 11.3 Å². The Bertz CT molecular complexity index is 1520. The van der Waals surface area contributed by atoms with Crippen LogP contribution < -0.4 is 21.7 Å². The Hall–Kier alpha value is -4.58. The number of fused-ring (bicyclic) bond motifs is 3. The van der Waals surface area contributed by atoms with E-state index in [0.717, 1.165) is 5.56 Å². The van der Waals surface area contributed by atoms with Crippen molar-refractivity contribution in [1.82, 2.24) is 0 Å². The number of anilines is 2. The van der Waals surface area contributed by atoms with Gasteiger partial charge in [-0.15, -0.1) is 0 Å². The minimum absolute atomic E-state index is 0.0178. The van der Waals surface area contributed by atoms with E-state index in [9.17, 15) is 34.2 Å². The molecule has 0 saturated heterocycles.